The largest absolute Gasteiger partial charge is 0.356 e. The topological polar surface area (TPSA) is 44.4 Å². The Kier molecular flexibility index (Phi) is 9.73. The van der Waals surface area contributed by atoms with Crippen molar-refractivity contribution in [1.82, 2.24) is 15.5 Å². The van der Waals surface area contributed by atoms with Gasteiger partial charge in [0.15, 0.2) is 0 Å². The SMILES string of the molecule is CC(C)CN1CCC(C(=O)NCCCCCNC(C)C)CC1. The molecule has 130 valence electrons. The highest BCUT2D eigenvalue weighted by Gasteiger charge is 2.24. The van der Waals surface area contributed by atoms with Gasteiger partial charge in [0, 0.05) is 25.0 Å². The van der Waals surface area contributed by atoms with Crippen molar-refractivity contribution in [2.45, 2.75) is 65.8 Å². The van der Waals surface area contributed by atoms with Crippen molar-refractivity contribution in [2.75, 3.05) is 32.7 Å². The molecule has 1 aliphatic heterocycles. The van der Waals surface area contributed by atoms with E-state index in [1.807, 2.05) is 0 Å². The number of piperidine rings is 1. The van der Waals surface area contributed by atoms with E-state index < -0.39 is 0 Å². The molecule has 0 atom stereocenters. The van der Waals surface area contributed by atoms with Gasteiger partial charge in [-0.3, -0.25) is 4.79 Å². The second kappa shape index (κ2) is 11.0. The van der Waals surface area contributed by atoms with Crippen LogP contribution in [-0.4, -0.2) is 49.6 Å². The van der Waals surface area contributed by atoms with E-state index in [-0.39, 0.29) is 11.8 Å². The zero-order chi connectivity index (χ0) is 16.4. The summed E-state index contributed by atoms with van der Waals surface area (Å²) in [5, 5.41) is 6.55. The molecule has 1 rings (SSSR count). The van der Waals surface area contributed by atoms with Gasteiger partial charge in [-0.25, -0.2) is 0 Å². The molecule has 0 aromatic carbocycles. The summed E-state index contributed by atoms with van der Waals surface area (Å²) in [6, 6.07) is 0.571. The average molecular weight is 312 g/mol. The Morgan fingerprint density at radius 2 is 1.68 bits per heavy atom. The molecule has 1 saturated heterocycles. The zero-order valence-electron chi connectivity index (χ0n) is 15.2. The predicted molar refractivity (Wildman–Crippen MR) is 94.0 cm³/mol. The van der Waals surface area contributed by atoms with Gasteiger partial charge in [0.05, 0.1) is 0 Å². The first-order chi connectivity index (χ1) is 10.5. The van der Waals surface area contributed by atoms with Crippen molar-refractivity contribution in [3.63, 3.8) is 0 Å². The third kappa shape index (κ3) is 8.74. The molecule has 2 N–H and O–H groups in total. The van der Waals surface area contributed by atoms with Crippen LogP contribution in [0.5, 0.6) is 0 Å². The Balaban J connectivity index is 2.02. The van der Waals surface area contributed by atoms with E-state index in [0.717, 1.165) is 51.4 Å². The summed E-state index contributed by atoms with van der Waals surface area (Å²) in [7, 11) is 0. The van der Waals surface area contributed by atoms with Crippen molar-refractivity contribution in [2.24, 2.45) is 11.8 Å². The molecule has 0 spiro atoms. The number of unbranched alkanes of at least 4 members (excludes halogenated alkanes) is 2. The lowest BCUT2D eigenvalue weighted by atomic mass is 9.95. The predicted octanol–water partition coefficient (Wildman–Crippen LogP) is 2.64. The number of carbonyl (C=O) groups is 1. The lowest BCUT2D eigenvalue weighted by molar-refractivity contribution is -0.126. The lowest BCUT2D eigenvalue weighted by Gasteiger charge is -2.32. The average Bonchev–Trinajstić information content (AvgIpc) is 2.46. The standard InChI is InChI=1S/C18H37N3O/c1-15(2)14-21-12-8-17(9-13-21)18(22)20-11-7-5-6-10-19-16(3)4/h15-17,19H,5-14H2,1-4H3,(H,20,22). The van der Waals surface area contributed by atoms with Gasteiger partial charge in [0.25, 0.3) is 0 Å². The molecular formula is C18H37N3O. The number of hydrogen-bond acceptors (Lipinski definition) is 3. The molecule has 0 aliphatic carbocycles. The quantitative estimate of drug-likeness (QED) is 0.610. The molecule has 0 aromatic heterocycles. The summed E-state index contributed by atoms with van der Waals surface area (Å²) in [4.78, 5) is 14.7. The smallest absolute Gasteiger partial charge is 0.223 e. The number of nitrogens with zero attached hydrogens (tertiary/aromatic N) is 1. The molecule has 1 fully saturated rings. The van der Waals surface area contributed by atoms with Crippen molar-refractivity contribution in [1.29, 1.82) is 0 Å². The summed E-state index contributed by atoms with van der Waals surface area (Å²) < 4.78 is 0. The summed E-state index contributed by atoms with van der Waals surface area (Å²) in [6.45, 7) is 14.1. The second-order valence-electron chi connectivity index (χ2n) is 7.43. The normalized spacial score (nSPS) is 17.4. The molecule has 1 aliphatic rings. The van der Waals surface area contributed by atoms with E-state index in [0.29, 0.717) is 6.04 Å². The Bertz CT molecular complexity index is 297. The van der Waals surface area contributed by atoms with E-state index in [1.54, 1.807) is 0 Å². The highest BCUT2D eigenvalue weighted by Crippen LogP contribution is 2.18. The van der Waals surface area contributed by atoms with Gasteiger partial charge < -0.3 is 15.5 Å². The van der Waals surface area contributed by atoms with Crippen LogP contribution in [0.25, 0.3) is 0 Å². The molecule has 0 radical (unpaired) electrons. The fourth-order valence-corrected chi connectivity index (χ4v) is 3.07. The highest BCUT2D eigenvalue weighted by molar-refractivity contribution is 5.78. The van der Waals surface area contributed by atoms with Crippen molar-refractivity contribution >= 4 is 5.91 Å². The minimum atomic E-state index is 0.242. The van der Waals surface area contributed by atoms with Gasteiger partial charge in [0.1, 0.15) is 0 Å². The molecule has 1 heterocycles. The second-order valence-corrected chi connectivity index (χ2v) is 7.43. The fraction of sp³-hybridized carbons (Fsp3) is 0.944. The van der Waals surface area contributed by atoms with Gasteiger partial charge in [-0.1, -0.05) is 34.1 Å². The maximum atomic E-state index is 12.2. The first-order valence-corrected chi connectivity index (χ1v) is 9.22. The first kappa shape index (κ1) is 19.4. The molecule has 0 saturated carbocycles. The van der Waals surface area contributed by atoms with Gasteiger partial charge in [-0.05, 0) is 51.2 Å². The monoisotopic (exact) mass is 311 g/mol. The van der Waals surface area contributed by atoms with Crippen molar-refractivity contribution in [3.8, 4) is 0 Å². The number of hydrogen-bond donors (Lipinski definition) is 2. The maximum Gasteiger partial charge on any atom is 0.223 e. The van der Waals surface area contributed by atoms with Crippen LogP contribution in [0.3, 0.4) is 0 Å². The summed E-state index contributed by atoms with van der Waals surface area (Å²) >= 11 is 0. The van der Waals surface area contributed by atoms with E-state index in [1.165, 1.54) is 19.4 Å². The molecule has 4 heteroatoms. The molecule has 0 aromatic rings. The summed E-state index contributed by atoms with van der Waals surface area (Å²) in [6.07, 6.45) is 5.53. The van der Waals surface area contributed by atoms with Crippen LogP contribution in [0.2, 0.25) is 0 Å². The Labute approximate surface area is 137 Å². The van der Waals surface area contributed by atoms with Gasteiger partial charge in [-0.15, -0.1) is 0 Å². The minimum Gasteiger partial charge on any atom is -0.356 e. The molecule has 0 bridgehead atoms. The van der Waals surface area contributed by atoms with Crippen LogP contribution in [0.1, 0.15) is 59.8 Å². The van der Waals surface area contributed by atoms with Crippen LogP contribution in [-0.2, 0) is 4.79 Å². The van der Waals surface area contributed by atoms with Gasteiger partial charge in [0.2, 0.25) is 5.91 Å². The molecule has 22 heavy (non-hydrogen) atoms. The van der Waals surface area contributed by atoms with Crippen molar-refractivity contribution < 1.29 is 4.79 Å². The minimum absolute atomic E-state index is 0.242. The van der Waals surface area contributed by atoms with E-state index in [9.17, 15) is 4.79 Å². The van der Waals surface area contributed by atoms with Crippen LogP contribution in [0.4, 0.5) is 0 Å². The van der Waals surface area contributed by atoms with E-state index in [2.05, 4.69) is 43.2 Å². The zero-order valence-corrected chi connectivity index (χ0v) is 15.2. The maximum absolute atomic E-state index is 12.2. The molecular weight excluding hydrogens is 274 g/mol. The Morgan fingerprint density at radius 1 is 1.05 bits per heavy atom. The highest BCUT2D eigenvalue weighted by atomic mass is 16.1. The number of nitrogens with one attached hydrogen (secondary N) is 2. The van der Waals surface area contributed by atoms with Crippen LogP contribution in [0.15, 0.2) is 0 Å². The third-order valence-electron chi connectivity index (χ3n) is 4.29. The number of rotatable bonds is 10. The van der Waals surface area contributed by atoms with Gasteiger partial charge >= 0.3 is 0 Å². The molecule has 1 amide bonds. The van der Waals surface area contributed by atoms with E-state index in [4.69, 9.17) is 0 Å². The van der Waals surface area contributed by atoms with Gasteiger partial charge in [-0.2, -0.15) is 0 Å². The number of likely N-dealkylation sites (tertiary alicyclic amines) is 1. The fourth-order valence-electron chi connectivity index (χ4n) is 3.07. The van der Waals surface area contributed by atoms with Crippen molar-refractivity contribution in [3.05, 3.63) is 0 Å². The number of amides is 1. The Hall–Kier alpha value is -0.610. The summed E-state index contributed by atoms with van der Waals surface area (Å²) in [5.41, 5.74) is 0. The third-order valence-corrected chi connectivity index (χ3v) is 4.29. The van der Waals surface area contributed by atoms with E-state index >= 15 is 0 Å². The Morgan fingerprint density at radius 3 is 2.27 bits per heavy atom. The molecule has 4 nitrogen and oxygen atoms in total. The first-order valence-electron chi connectivity index (χ1n) is 9.22. The lowest BCUT2D eigenvalue weighted by Crippen LogP contribution is -2.41. The summed E-state index contributed by atoms with van der Waals surface area (Å²) in [5.74, 6) is 1.24. The van der Waals surface area contributed by atoms with Crippen LogP contribution in [0, 0.1) is 11.8 Å². The molecule has 0 unspecified atom stereocenters. The van der Waals surface area contributed by atoms with Crippen LogP contribution >= 0.6 is 0 Å². The van der Waals surface area contributed by atoms with Crippen LogP contribution < -0.4 is 10.6 Å². The number of carbonyl (C=O) groups excluding carboxylic acids is 1.